The largest absolute Gasteiger partial charge is 0.372 e. The van der Waals surface area contributed by atoms with Crippen molar-refractivity contribution in [2.45, 2.75) is 39.5 Å². The molecule has 1 amide bonds. The van der Waals surface area contributed by atoms with Gasteiger partial charge in [-0.05, 0) is 38.5 Å². The van der Waals surface area contributed by atoms with Crippen LogP contribution >= 0.6 is 11.3 Å². The molecule has 154 valence electrons. The molecule has 1 aliphatic heterocycles. The molecule has 0 unspecified atom stereocenters. The molecule has 0 saturated carbocycles. The van der Waals surface area contributed by atoms with Crippen LogP contribution in [0.3, 0.4) is 0 Å². The van der Waals surface area contributed by atoms with Gasteiger partial charge in [0, 0.05) is 31.3 Å². The number of rotatable bonds is 6. The summed E-state index contributed by atoms with van der Waals surface area (Å²) in [6.07, 6.45) is 0.0142. The molecule has 1 fully saturated rings. The average molecular weight is 417 g/mol. The van der Waals surface area contributed by atoms with Crippen molar-refractivity contribution in [1.82, 2.24) is 4.90 Å². The van der Waals surface area contributed by atoms with E-state index in [0.29, 0.717) is 35.1 Å². The van der Waals surface area contributed by atoms with Crippen molar-refractivity contribution in [3.63, 3.8) is 0 Å². The zero-order valence-corrected chi connectivity index (χ0v) is 17.3. The quantitative estimate of drug-likeness (QED) is 0.437. The Bertz CT molecular complexity index is 915. The lowest BCUT2D eigenvalue weighted by atomic mass is 10.1. The zero-order chi connectivity index (χ0) is 21.1. The first-order valence-electron chi connectivity index (χ1n) is 9.31. The van der Waals surface area contributed by atoms with Crippen molar-refractivity contribution in [3.8, 4) is 0 Å². The third-order valence-electron chi connectivity index (χ3n) is 4.62. The highest BCUT2D eigenvalue weighted by molar-refractivity contribution is 7.18. The number of anilines is 1. The van der Waals surface area contributed by atoms with Crippen LogP contribution in [0, 0.1) is 10.1 Å². The lowest BCUT2D eigenvalue weighted by Crippen LogP contribution is -2.48. The Hall–Kier alpha value is -2.78. The number of nitro groups is 1. The average Bonchev–Trinajstić information content (AvgIpc) is 3.10. The number of thiophene rings is 1. The molecular formula is C20H23N3O5S. The molecule has 2 aromatic rings. The SMILES string of the molecule is CC(=O)c1cc([N+](=O)[O-])c(NCc2ccc(C(=O)N3C[C@@H](C)O[C@@H](C)C3)cc2)s1. The van der Waals surface area contributed by atoms with E-state index in [9.17, 15) is 19.7 Å². The van der Waals surface area contributed by atoms with Crippen LogP contribution in [-0.4, -0.2) is 46.8 Å². The molecule has 1 aromatic carbocycles. The molecule has 1 aromatic heterocycles. The van der Waals surface area contributed by atoms with Gasteiger partial charge in [-0.2, -0.15) is 0 Å². The number of nitrogens with one attached hydrogen (secondary N) is 1. The van der Waals surface area contributed by atoms with Gasteiger partial charge in [-0.15, -0.1) is 11.3 Å². The standard InChI is InChI=1S/C20H23N3O5S/c1-12-10-22(11-13(2)28-12)20(25)16-6-4-15(5-7-16)9-21-19-17(23(26)27)8-18(29-19)14(3)24/h4-8,12-13,21H,9-11H2,1-3H3/t12-,13+. The Morgan fingerprint density at radius 3 is 2.41 bits per heavy atom. The third-order valence-corrected chi connectivity index (χ3v) is 5.80. The summed E-state index contributed by atoms with van der Waals surface area (Å²) in [6, 6.07) is 8.45. The van der Waals surface area contributed by atoms with Crippen molar-refractivity contribution < 1.29 is 19.2 Å². The predicted octanol–water partition coefficient (Wildman–Crippen LogP) is 3.72. The maximum Gasteiger partial charge on any atom is 0.304 e. The van der Waals surface area contributed by atoms with Gasteiger partial charge in [0.15, 0.2) is 10.8 Å². The highest BCUT2D eigenvalue weighted by Gasteiger charge is 2.26. The lowest BCUT2D eigenvalue weighted by molar-refractivity contribution is -0.383. The summed E-state index contributed by atoms with van der Waals surface area (Å²) in [5.74, 6) is -0.243. The topological polar surface area (TPSA) is 102 Å². The van der Waals surface area contributed by atoms with E-state index in [-0.39, 0.29) is 29.6 Å². The number of benzene rings is 1. The first-order chi connectivity index (χ1) is 13.7. The van der Waals surface area contributed by atoms with Gasteiger partial charge in [-0.25, -0.2) is 0 Å². The number of hydrogen-bond acceptors (Lipinski definition) is 7. The van der Waals surface area contributed by atoms with Crippen LogP contribution in [0.1, 0.15) is 46.4 Å². The van der Waals surface area contributed by atoms with Crippen molar-refractivity contribution in [3.05, 3.63) is 56.5 Å². The molecule has 1 N–H and O–H groups in total. The van der Waals surface area contributed by atoms with E-state index >= 15 is 0 Å². The van der Waals surface area contributed by atoms with E-state index in [1.807, 2.05) is 26.0 Å². The van der Waals surface area contributed by atoms with Crippen LogP contribution in [0.15, 0.2) is 30.3 Å². The summed E-state index contributed by atoms with van der Waals surface area (Å²) in [5.41, 5.74) is 1.36. The summed E-state index contributed by atoms with van der Waals surface area (Å²) < 4.78 is 5.67. The van der Waals surface area contributed by atoms with E-state index in [1.165, 1.54) is 13.0 Å². The van der Waals surface area contributed by atoms with Gasteiger partial charge in [-0.3, -0.25) is 19.7 Å². The van der Waals surface area contributed by atoms with E-state index in [2.05, 4.69) is 5.32 Å². The number of carbonyl (C=O) groups excluding carboxylic acids is 2. The monoisotopic (exact) mass is 417 g/mol. The van der Waals surface area contributed by atoms with Crippen LogP contribution in [-0.2, 0) is 11.3 Å². The minimum Gasteiger partial charge on any atom is -0.372 e. The van der Waals surface area contributed by atoms with Crippen LogP contribution in [0.4, 0.5) is 10.7 Å². The minimum atomic E-state index is -0.503. The first-order valence-corrected chi connectivity index (χ1v) is 10.1. The normalized spacial score (nSPS) is 19.1. The summed E-state index contributed by atoms with van der Waals surface area (Å²) in [6.45, 7) is 6.75. The van der Waals surface area contributed by atoms with Gasteiger partial charge < -0.3 is 15.0 Å². The summed E-state index contributed by atoms with van der Waals surface area (Å²) in [7, 11) is 0. The second-order valence-electron chi connectivity index (χ2n) is 7.16. The Morgan fingerprint density at radius 2 is 1.86 bits per heavy atom. The van der Waals surface area contributed by atoms with Gasteiger partial charge in [0.2, 0.25) is 0 Å². The predicted molar refractivity (Wildman–Crippen MR) is 111 cm³/mol. The van der Waals surface area contributed by atoms with Gasteiger partial charge in [0.25, 0.3) is 5.91 Å². The Balaban J connectivity index is 1.66. The number of nitrogens with zero attached hydrogens (tertiary/aromatic N) is 2. The molecule has 0 radical (unpaired) electrons. The molecule has 2 heterocycles. The number of amides is 1. The molecule has 0 spiro atoms. The van der Waals surface area contributed by atoms with E-state index < -0.39 is 4.92 Å². The summed E-state index contributed by atoms with van der Waals surface area (Å²) >= 11 is 1.07. The fourth-order valence-corrected chi connectivity index (χ4v) is 4.21. The fraction of sp³-hybridized carbons (Fsp3) is 0.400. The maximum absolute atomic E-state index is 12.7. The van der Waals surface area contributed by atoms with Crippen LogP contribution in [0.2, 0.25) is 0 Å². The zero-order valence-electron chi connectivity index (χ0n) is 16.5. The molecular weight excluding hydrogens is 394 g/mol. The van der Waals surface area contributed by atoms with E-state index in [0.717, 1.165) is 16.9 Å². The van der Waals surface area contributed by atoms with Crippen LogP contribution < -0.4 is 5.32 Å². The number of ketones is 1. The number of hydrogen-bond donors (Lipinski definition) is 1. The number of carbonyl (C=O) groups is 2. The number of morpholine rings is 1. The van der Waals surface area contributed by atoms with Gasteiger partial charge in [0.1, 0.15) is 0 Å². The Labute approximate surface area is 172 Å². The maximum atomic E-state index is 12.7. The van der Waals surface area contributed by atoms with Crippen LogP contribution in [0.5, 0.6) is 0 Å². The number of ether oxygens (including phenoxy) is 1. The Kier molecular flexibility index (Phi) is 6.29. The van der Waals surface area contributed by atoms with Gasteiger partial charge >= 0.3 is 5.69 Å². The molecule has 29 heavy (non-hydrogen) atoms. The minimum absolute atomic E-state index is 0.00709. The lowest BCUT2D eigenvalue weighted by Gasteiger charge is -2.35. The van der Waals surface area contributed by atoms with E-state index in [4.69, 9.17) is 4.74 Å². The number of Topliss-reactive ketones (excluding diaryl/α,β-unsaturated/α-hetero) is 1. The molecule has 0 aliphatic carbocycles. The smallest absolute Gasteiger partial charge is 0.304 e. The molecule has 9 heteroatoms. The van der Waals surface area contributed by atoms with E-state index in [1.54, 1.807) is 17.0 Å². The molecule has 3 rings (SSSR count). The first kappa shape index (κ1) is 20.9. The second-order valence-corrected chi connectivity index (χ2v) is 8.21. The Morgan fingerprint density at radius 1 is 1.24 bits per heavy atom. The molecule has 1 saturated heterocycles. The third kappa shape index (κ3) is 4.99. The summed E-state index contributed by atoms with van der Waals surface area (Å²) in [4.78, 5) is 37.0. The second kappa shape index (κ2) is 8.71. The molecule has 2 atom stereocenters. The molecule has 0 bridgehead atoms. The highest BCUT2D eigenvalue weighted by atomic mass is 32.1. The molecule has 1 aliphatic rings. The van der Waals surface area contributed by atoms with Crippen LogP contribution in [0.25, 0.3) is 0 Å². The highest BCUT2D eigenvalue weighted by Crippen LogP contribution is 2.35. The fourth-order valence-electron chi connectivity index (χ4n) is 3.29. The van der Waals surface area contributed by atoms with Crippen molar-refractivity contribution >= 4 is 33.7 Å². The van der Waals surface area contributed by atoms with Gasteiger partial charge in [0.05, 0.1) is 22.0 Å². The van der Waals surface area contributed by atoms with Gasteiger partial charge in [-0.1, -0.05) is 12.1 Å². The van der Waals surface area contributed by atoms with Crippen molar-refractivity contribution in [1.29, 1.82) is 0 Å². The summed E-state index contributed by atoms with van der Waals surface area (Å²) in [5, 5.41) is 14.6. The van der Waals surface area contributed by atoms with Crippen molar-refractivity contribution in [2.75, 3.05) is 18.4 Å². The van der Waals surface area contributed by atoms with Crippen molar-refractivity contribution in [2.24, 2.45) is 0 Å². The molecule has 8 nitrogen and oxygen atoms in total.